The van der Waals surface area contributed by atoms with Gasteiger partial charge in [-0.15, -0.1) is 0 Å². The lowest BCUT2D eigenvalue weighted by Crippen LogP contribution is -2.55. The van der Waals surface area contributed by atoms with Gasteiger partial charge in [0.1, 0.15) is 5.75 Å². The van der Waals surface area contributed by atoms with E-state index in [0.29, 0.717) is 0 Å². The normalized spacial score (nSPS) is 14.9. The number of carbonyl (C=O) groups is 1. The van der Waals surface area contributed by atoms with Gasteiger partial charge in [0.15, 0.2) is 0 Å². The lowest BCUT2D eigenvalue weighted by Gasteiger charge is -2.36. The molecule has 190 valence electrons. The summed E-state index contributed by atoms with van der Waals surface area (Å²) in [4.78, 5) is 11.9. The maximum absolute atomic E-state index is 13.2. The number of aliphatic hydroxyl groups is 2. The van der Waals surface area contributed by atoms with Crippen LogP contribution in [0.3, 0.4) is 0 Å². The minimum atomic E-state index is -6.72. The Balaban J connectivity index is 4.12. The molecule has 1 rings (SSSR count). The molecule has 1 aromatic rings. The Kier molecular flexibility index (Phi) is 6.91. The van der Waals surface area contributed by atoms with E-state index in [4.69, 9.17) is 0 Å². The van der Waals surface area contributed by atoms with Crippen LogP contribution in [-0.2, 0) is 16.0 Å². The topological polar surface area (TPSA) is 66.8 Å². The maximum Gasteiger partial charge on any atom is 0.430 e. The molecule has 0 aliphatic rings. The van der Waals surface area contributed by atoms with Crippen LogP contribution >= 0.6 is 0 Å². The first-order valence-corrected chi connectivity index (χ1v) is 8.31. The number of halogens is 12. The molecule has 33 heavy (non-hydrogen) atoms. The molecule has 2 N–H and O–H groups in total. The molecule has 0 amide bonds. The van der Waals surface area contributed by atoms with Gasteiger partial charge >= 0.3 is 30.7 Å². The molecule has 0 saturated carbocycles. The van der Waals surface area contributed by atoms with Gasteiger partial charge < -0.3 is 14.9 Å². The van der Waals surface area contributed by atoms with Gasteiger partial charge in [-0.3, -0.25) is 4.79 Å². The van der Waals surface area contributed by atoms with Gasteiger partial charge in [0, 0.05) is 11.1 Å². The Morgan fingerprint density at radius 3 is 1.12 bits per heavy atom. The van der Waals surface area contributed by atoms with Gasteiger partial charge in [0.25, 0.3) is 11.2 Å². The molecule has 0 bridgehead atoms. The van der Waals surface area contributed by atoms with Crippen LogP contribution in [0.25, 0.3) is 0 Å². The van der Waals surface area contributed by atoms with Crippen molar-refractivity contribution >= 4 is 5.97 Å². The minimum absolute atomic E-state index is 0.415. The number of carbonyl (C=O) groups excluding carboxylic acids is 1. The number of alkyl halides is 12. The van der Waals surface area contributed by atoms with Crippen molar-refractivity contribution in [3.8, 4) is 5.75 Å². The summed E-state index contributed by atoms with van der Waals surface area (Å²) >= 11 is 0. The highest BCUT2D eigenvalue weighted by molar-refractivity contribution is 5.78. The van der Waals surface area contributed by atoms with Gasteiger partial charge in [0.2, 0.25) is 0 Å². The van der Waals surface area contributed by atoms with Crippen molar-refractivity contribution in [1.29, 1.82) is 0 Å². The van der Waals surface area contributed by atoms with E-state index in [1.165, 1.54) is 0 Å². The molecule has 16 heteroatoms. The zero-order valence-electron chi connectivity index (χ0n) is 16.5. The van der Waals surface area contributed by atoms with Crippen LogP contribution in [0.2, 0.25) is 0 Å². The van der Waals surface area contributed by atoms with E-state index < -0.39 is 82.4 Å². The van der Waals surface area contributed by atoms with Gasteiger partial charge in [-0.25, -0.2) is 0 Å². The average molecular weight is 510 g/mol. The fourth-order valence-corrected chi connectivity index (χ4v) is 2.31. The largest absolute Gasteiger partial charge is 0.430 e. The SMILES string of the molecule is CC(C)(C)C(=O)Oc1cc(C(O)(C(F)(F)F)C(F)(F)F)cc(C(O)(C(F)(F)F)C(F)(F)F)c1. The third-order valence-corrected chi connectivity index (χ3v) is 4.21. The van der Waals surface area contributed by atoms with Gasteiger partial charge in [-0.2, -0.15) is 52.7 Å². The third-order valence-electron chi connectivity index (χ3n) is 4.21. The molecule has 0 atom stereocenters. The third kappa shape index (κ3) is 5.00. The second-order valence-electron chi connectivity index (χ2n) is 7.80. The number of rotatable bonds is 3. The van der Waals surface area contributed by atoms with Crippen molar-refractivity contribution in [2.75, 3.05) is 0 Å². The first-order chi connectivity index (χ1) is 14.2. The van der Waals surface area contributed by atoms with Crippen LogP contribution < -0.4 is 4.74 Å². The van der Waals surface area contributed by atoms with Crippen LogP contribution in [0.15, 0.2) is 18.2 Å². The molecular weight excluding hydrogens is 496 g/mol. The van der Waals surface area contributed by atoms with E-state index in [9.17, 15) is 67.7 Å². The number of esters is 1. The van der Waals surface area contributed by atoms with Crippen molar-refractivity contribution in [3.05, 3.63) is 29.3 Å². The van der Waals surface area contributed by atoms with E-state index in [0.717, 1.165) is 20.8 Å². The molecule has 4 nitrogen and oxygen atoms in total. The molecular formula is C17H14F12O4. The summed E-state index contributed by atoms with van der Waals surface area (Å²) in [6, 6.07) is -1.81. The van der Waals surface area contributed by atoms with Crippen LogP contribution in [0.1, 0.15) is 31.9 Å². The molecule has 0 aliphatic carbocycles. The van der Waals surface area contributed by atoms with Crippen LogP contribution in [-0.4, -0.2) is 40.9 Å². The van der Waals surface area contributed by atoms with Crippen molar-refractivity contribution in [2.45, 2.75) is 56.7 Å². The zero-order chi connectivity index (χ0) is 26.6. The smallest absolute Gasteiger partial charge is 0.426 e. The number of hydrogen-bond donors (Lipinski definition) is 2. The van der Waals surface area contributed by atoms with E-state index in [1.807, 2.05) is 0 Å². The van der Waals surface area contributed by atoms with E-state index in [1.54, 1.807) is 0 Å². The lowest BCUT2D eigenvalue weighted by atomic mass is 9.85. The highest BCUT2D eigenvalue weighted by Gasteiger charge is 2.74. The maximum atomic E-state index is 13.2. The molecule has 0 fully saturated rings. The van der Waals surface area contributed by atoms with Gasteiger partial charge in [-0.1, -0.05) is 0 Å². The highest BCUT2D eigenvalue weighted by Crippen LogP contribution is 2.54. The number of hydrogen-bond acceptors (Lipinski definition) is 4. The van der Waals surface area contributed by atoms with Gasteiger partial charge in [-0.05, 0) is 39.0 Å². The van der Waals surface area contributed by atoms with Crippen LogP contribution in [0.4, 0.5) is 52.7 Å². The first-order valence-electron chi connectivity index (χ1n) is 8.31. The van der Waals surface area contributed by atoms with Crippen LogP contribution in [0, 0.1) is 5.41 Å². The van der Waals surface area contributed by atoms with Crippen molar-refractivity contribution in [2.24, 2.45) is 5.41 Å². The molecule has 0 saturated heterocycles. The Morgan fingerprint density at radius 1 is 0.636 bits per heavy atom. The summed E-state index contributed by atoms with van der Waals surface area (Å²) in [5.41, 5.74) is -18.8. The van der Waals surface area contributed by atoms with Gasteiger partial charge in [0.05, 0.1) is 5.41 Å². The Hall–Kier alpha value is -2.23. The molecule has 0 aromatic heterocycles. The highest BCUT2D eigenvalue weighted by atomic mass is 19.4. The zero-order valence-corrected chi connectivity index (χ0v) is 16.5. The van der Waals surface area contributed by atoms with E-state index in [2.05, 4.69) is 4.74 Å². The Morgan fingerprint density at radius 2 is 0.909 bits per heavy atom. The van der Waals surface area contributed by atoms with Crippen molar-refractivity contribution in [1.82, 2.24) is 0 Å². The molecule has 0 radical (unpaired) electrons. The number of ether oxygens (including phenoxy) is 1. The Bertz CT molecular complexity index is 803. The second-order valence-corrected chi connectivity index (χ2v) is 7.80. The summed E-state index contributed by atoms with van der Waals surface area (Å²) in [6.45, 7) is 3.26. The molecule has 1 aromatic carbocycles. The second kappa shape index (κ2) is 7.92. The molecule has 0 aliphatic heterocycles. The monoisotopic (exact) mass is 510 g/mol. The predicted octanol–water partition coefficient (Wildman–Crippen LogP) is 5.26. The number of benzene rings is 1. The fraction of sp³-hybridized carbons (Fsp3) is 0.588. The van der Waals surface area contributed by atoms with Crippen LogP contribution in [0.5, 0.6) is 5.75 Å². The molecule has 0 unspecified atom stereocenters. The lowest BCUT2D eigenvalue weighted by molar-refractivity contribution is -0.378. The fourth-order valence-electron chi connectivity index (χ4n) is 2.31. The molecule has 0 heterocycles. The standard InChI is InChI=1S/C17H14F12O4/c1-11(2,3)10(30)33-9-5-7(12(31,14(18,19)20)15(21,22)23)4-8(6-9)13(32,16(24,25)26)17(27,28)29/h4-6,31-32H,1-3H3. The van der Waals surface area contributed by atoms with E-state index in [-0.39, 0.29) is 0 Å². The average Bonchev–Trinajstić information content (AvgIpc) is 2.54. The minimum Gasteiger partial charge on any atom is -0.426 e. The summed E-state index contributed by atoms with van der Waals surface area (Å²) in [7, 11) is 0. The molecule has 0 spiro atoms. The van der Waals surface area contributed by atoms with Crippen molar-refractivity contribution in [3.63, 3.8) is 0 Å². The summed E-state index contributed by atoms with van der Waals surface area (Å²) in [5, 5.41) is 18.9. The first kappa shape index (κ1) is 28.8. The summed E-state index contributed by atoms with van der Waals surface area (Å²) < 4.78 is 163. The Labute approximate surface area is 176 Å². The van der Waals surface area contributed by atoms with E-state index >= 15 is 0 Å². The quantitative estimate of drug-likeness (QED) is 0.331. The summed E-state index contributed by atoms with van der Waals surface area (Å²) in [6.07, 6.45) is -26.9. The van der Waals surface area contributed by atoms with Crippen molar-refractivity contribution < 1.29 is 72.4 Å². The predicted molar refractivity (Wildman–Crippen MR) is 83.5 cm³/mol. The summed E-state index contributed by atoms with van der Waals surface area (Å²) in [5.74, 6) is -3.16.